The Morgan fingerprint density at radius 2 is 1.75 bits per heavy atom. The van der Waals surface area contributed by atoms with Crippen molar-refractivity contribution in [2.45, 2.75) is 19.8 Å². The van der Waals surface area contributed by atoms with Crippen LogP contribution in [-0.4, -0.2) is 11.9 Å². The quantitative estimate of drug-likeness (QED) is 0.618. The summed E-state index contributed by atoms with van der Waals surface area (Å²) < 4.78 is 4.59. The molecular formula is C11H10Cl2O3. The molecule has 0 saturated carbocycles. The van der Waals surface area contributed by atoms with Crippen LogP contribution in [0, 0.1) is 0 Å². The molecule has 1 aromatic rings. The Balaban J connectivity index is 2.76. The molecular weight excluding hydrogens is 251 g/mol. The van der Waals surface area contributed by atoms with Gasteiger partial charge in [-0.05, 0) is 24.6 Å². The van der Waals surface area contributed by atoms with Crippen LogP contribution in [0.2, 0.25) is 10.0 Å². The van der Waals surface area contributed by atoms with Gasteiger partial charge in [-0.1, -0.05) is 30.1 Å². The second-order valence-corrected chi connectivity index (χ2v) is 4.04. The Labute approximate surface area is 103 Å². The SMILES string of the molecule is CCCC(=O)OC(=O)c1cc(Cl)cc(Cl)c1. The zero-order valence-electron chi connectivity index (χ0n) is 8.63. The van der Waals surface area contributed by atoms with Crippen molar-refractivity contribution in [3.63, 3.8) is 0 Å². The lowest BCUT2D eigenvalue weighted by atomic mass is 10.2. The minimum atomic E-state index is -0.733. The molecule has 5 heteroatoms. The summed E-state index contributed by atoms with van der Waals surface area (Å²) in [6.07, 6.45) is 0.836. The zero-order valence-corrected chi connectivity index (χ0v) is 10.1. The van der Waals surface area contributed by atoms with Crippen molar-refractivity contribution in [1.82, 2.24) is 0 Å². The van der Waals surface area contributed by atoms with E-state index in [0.29, 0.717) is 16.5 Å². The summed E-state index contributed by atoms with van der Waals surface area (Å²) in [4.78, 5) is 22.6. The number of carbonyl (C=O) groups is 2. The van der Waals surface area contributed by atoms with E-state index in [9.17, 15) is 9.59 Å². The largest absolute Gasteiger partial charge is 0.389 e. The van der Waals surface area contributed by atoms with Gasteiger partial charge in [0.1, 0.15) is 0 Å². The molecule has 0 unspecified atom stereocenters. The maximum absolute atomic E-state index is 11.5. The van der Waals surface area contributed by atoms with Crippen molar-refractivity contribution in [2.75, 3.05) is 0 Å². The average molecular weight is 261 g/mol. The van der Waals surface area contributed by atoms with Crippen LogP contribution in [0.15, 0.2) is 18.2 Å². The van der Waals surface area contributed by atoms with Gasteiger partial charge in [-0.3, -0.25) is 4.79 Å². The maximum atomic E-state index is 11.5. The van der Waals surface area contributed by atoms with Crippen molar-refractivity contribution in [3.8, 4) is 0 Å². The molecule has 0 bridgehead atoms. The van der Waals surface area contributed by atoms with Crippen LogP contribution in [0.5, 0.6) is 0 Å². The summed E-state index contributed by atoms with van der Waals surface area (Å²) in [5.41, 5.74) is 0.168. The smallest absolute Gasteiger partial charge is 0.345 e. The molecule has 0 atom stereocenters. The minimum absolute atomic E-state index is 0.168. The van der Waals surface area contributed by atoms with Gasteiger partial charge in [-0.2, -0.15) is 0 Å². The van der Waals surface area contributed by atoms with Crippen LogP contribution in [0.1, 0.15) is 30.1 Å². The van der Waals surface area contributed by atoms with Gasteiger partial charge in [0, 0.05) is 16.5 Å². The fraction of sp³-hybridized carbons (Fsp3) is 0.273. The summed E-state index contributed by atoms with van der Waals surface area (Å²) >= 11 is 11.4. The number of esters is 2. The summed E-state index contributed by atoms with van der Waals surface area (Å²) in [6.45, 7) is 1.82. The molecule has 86 valence electrons. The minimum Gasteiger partial charge on any atom is -0.389 e. The molecule has 1 rings (SSSR count). The van der Waals surface area contributed by atoms with E-state index in [2.05, 4.69) is 4.74 Å². The van der Waals surface area contributed by atoms with Crippen LogP contribution in [-0.2, 0) is 9.53 Å². The van der Waals surface area contributed by atoms with Crippen LogP contribution >= 0.6 is 23.2 Å². The van der Waals surface area contributed by atoms with Crippen LogP contribution < -0.4 is 0 Å². The molecule has 0 fully saturated rings. The lowest BCUT2D eigenvalue weighted by Crippen LogP contribution is -2.12. The van der Waals surface area contributed by atoms with Crippen LogP contribution in [0.4, 0.5) is 0 Å². The van der Waals surface area contributed by atoms with E-state index in [1.165, 1.54) is 18.2 Å². The van der Waals surface area contributed by atoms with Gasteiger partial charge >= 0.3 is 11.9 Å². The Morgan fingerprint density at radius 1 is 1.19 bits per heavy atom. The van der Waals surface area contributed by atoms with Gasteiger partial charge < -0.3 is 4.74 Å². The highest BCUT2D eigenvalue weighted by atomic mass is 35.5. The molecule has 1 aromatic carbocycles. The molecule has 0 amide bonds. The van der Waals surface area contributed by atoms with Crippen LogP contribution in [0.3, 0.4) is 0 Å². The van der Waals surface area contributed by atoms with Crippen LogP contribution in [0.25, 0.3) is 0 Å². The fourth-order valence-corrected chi connectivity index (χ4v) is 1.62. The molecule has 0 radical (unpaired) electrons. The van der Waals surface area contributed by atoms with Gasteiger partial charge in [0.25, 0.3) is 0 Å². The second-order valence-electron chi connectivity index (χ2n) is 3.17. The predicted octanol–water partition coefficient (Wildman–Crippen LogP) is 3.48. The molecule has 0 saturated heterocycles. The van der Waals surface area contributed by atoms with Gasteiger partial charge in [0.15, 0.2) is 0 Å². The molecule has 0 heterocycles. The molecule has 0 aromatic heterocycles. The third-order valence-electron chi connectivity index (χ3n) is 1.76. The first-order valence-electron chi connectivity index (χ1n) is 4.74. The summed E-state index contributed by atoms with van der Waals surface area (Å²) in [7, 11) is 0. The first kappa shape index (κ1) is 13.0. The topological polar surface area (TPSA) is 43.4 Å². The maximum Gasteiger partial charge on any atom is 0.345 e. The van der Waals surface area contributed by atoms with Crippen molar-refractivity contribution < 1.29 is 14.3 Å². The van der Waals surface area contributed by atoms with Gasteiger partial charge in [-0.15, -0.1) is 0 Å². The van der Waals surface area contributed by atoms with E-state index in [0.717, 1.165) is 0 Å². The normalized spacial score (nSPS) is 9.94. The van der Waals surface area contributed by atoms with Gasteiger partial charge in [0.05, 0.1) is 5.56 Å². The van der Waals surface area contributed by atoms with E-state index >= 15 is 0 Å². The lowest BCUT2D eigenvalue weighted by molar-refractivity contribution is -0.137. The number of hydrogen-bond acceptors (Lipinski definition) is 3. The van der Waals surface area contributed by atoms with Gasteiger partial charge in [0.2, 0.25) is 0 Å². The molecule has 16 heavy (non-hydrogen) atoms. The Kier molecular flexibility index (Phi) is 4.77. The zero-order chi connectivity index (χ0) is 12.1. The molecule has 3 nitrogen and oxygen atoms in total. The highest BCUT2D eigenvalue weighted by molar-refractivity contribution is 6.35. The van der Waals surface area contributed by atoms with E-state index < -0.39 is 11.9 Å². The monoisotopic (exact) mass is 260 g/mol. The summed E-state index contributed by atoms with van der Waals surface area (Å²) in [5, 5.41) is 0.643. The standard InChI is InChI=1S/C11H10Cl2O3/c1-2-3-10(14)16-11(15)7-4-8(12)6-9(13)5-7/h4-6H,2-3H2,1H3. The number of hydrogen-bond donors (Lipinski definition) is 0. The molecule has 0 aliphatic heterocycles. The van der Waals surface area contributed by atoms with Gasteiger partial charge in [-0.25, -0.2) is 4.79 Å². The average Bonchev–Trinajstić information content (AvgIpc) is 2.16. The number of halogens is 2. The molecule has 0 aliphatic carbocycles. The fourth-order valence-electron chi connectivity index (χ4n) is 1.09. The van der Waals surface area contributed by atoms with E-state index in [4.69, 9.17) is 23.2 Å². The first-order chi connectivity index (χ1) is 7.52. The van der Waals surface area contributed by atoms with Crippen molar-refractivity contribution >= 4 is 35.1 Å². The third kappa shape index (κ3) is 3.83. The third-order valence-corrected chi connectivity index (χ3v) is 2.20. The number of ether oxygens (including phenoxy) is 1. The van der Waals surface area contributed by atoms with E-state index in [1.807, 2.05) is 6.92 Å². The Hall–Kier alpha value is -1.06. The molecule has 0 spiro atoms. The number of rotatable bonds is 3. The van der Waals surface area contributed by atoms with Crippen molar-refractivity contribution in [1.29, 1.82) is 0 Å². The number of benzene rings is 1. The molecule has 0 N–H and O–H groups in total. The second kappa shape index (κ2) is 5.87. The van der Waals surface area contributed by atoms with Crippen molar-refractivity contribution in [3.05, 3.63) is 33.8 Å². The number of carbonyl (C=O) groups excluding carboxylic acids is 2. The highest BCUT2D eigenvalue weighted by Gasteiger charge is 2.13. The predicted molar refractivity (Wildman–Crippen MR) is 61.8 cm³/mol. The van der Waals surface area contributed by atoms with Crippen molar-refractivity contribution in [2.24, 2.45) is 0 Å². The Morgan fingerprint density at radius 3 is 2.25 bits per heavy atom. The first-order valence-corrected chi connectivity index (χ1v) is 5.49. The van der Waals surface area contributed by atoms with E-state index in [-0.39, 0.29) is 12.0 Å². The Bertz CT molecular complexity index is 395. The summed E-state index contributed by atoms with van der Waals surface area (Å²) in [6, 6.07) is 4.29. The van der Waals surface area contributed by atoms with E-state index in [1.54, 1.807) is 0 Å². The lowest BCUT2D eigenvalue weighted by Gasteiger charge is -2.03. The summed E-state index contributed by atoms with van der Waals surface area (Å²) in [5.74, 6) is -1.29. The highest BCUT2D eigenvalue weighted by Crippen LogP contribution is 2.19. The molecule has 0 aliphatic rings.